The Morgan fingerprint density at radius 2 is 1.88 bits per heavy atom. The van der Waals surface area contributed by atoms with E-state index in [4.69, 9.17) is 0 Å². The van der Waals surface area contributed by atoms with Crippen molar-refractivity contribution in [3.05, 3.63) is 58.8 Å². The smallest absolute Gasteiger partial charge is 0.275 e. The van der Waals surface area contributed by atoms with Gasteiger partial charge in [-0.1, -0.05) is 12.1 Å². The quantitative estimate of drug-likeness (QED) is 0.535. The van der Waals surface area contributed by atoms with Gasteiger partial charge in [-0.05, 0) is 50.9 Å². The van der Waals surface area contributed by atoms with Crippen molar-refractivity contribution in [3.8, 4) is 0 Å². The Morgan fingerprint density at radius 3 is 2.67 bits per heavy atom. The second kappa shape index (κ2) is 9.29. The number of amides is 1. The SMILES string of the molecule is Cc1nc2c(c(Nc3cn[nH]c3C(=O)Nc3ccc(CN4CCN(C)CC4)cc3)n1)CCC2. The zero-order chi connectivity index (χ0) is 22.8. The molecule has 1 saturated heterocycles. The maximum Gasteiger partial charge on any atom is 0.275 e. The first-order valence-electron chi connectivity index (χ1n) is 11.5. The molecule has 3 N–H and O–H groups in total. The fourth-order valence-electron chi connectivity index (χ4n) is 4.49. The molecule has 172 valence electrons. The average molecular weight is 447 g/mol. The summed E-state index contributed by atoms with van der Waals surface area (Å²) in [5.74, 6) is 1.24. The minimum absolute atomic E-state index is 0.246. The third kappa shape index (κ3) is 4.89. The van der Waals surface area contributed by atoms with Crippen LogP contribution in [0.1, 0.15) is 39.6 Å². The van der Waals surface area contributed by atoms with E-state index < -0.39 is 0 Å². The highest BCUT2D eigenvalue weighted by molar-refractivity contribution is 6.06. The molecule has 1 fully saturated rings. The predicted octanol–water partition coefficient (Wildman–Crippen LogP) is 2.74. The van der Waals surface area contributed by atoms with Crippen molar-refractivity contribution in [3.63, 3.8) is 0 Å². The minimum atomic E-state index is -0.246. The van der Waals surface area contributed by atoms with Gasteiger partial charge in [0.2, 0.25) is 0 Å². The van der Waals surface area contributed by atoms with E-state index in [1.54, 1.807) is 6.20 Å². The molecule has 2 aliphatic rings. The maximum atomic E-state index is 13.0. The summed E-state index contributed by atoms with van der Waals surface area (Å²) >= 11 is 0. The van der Waals surface area contributed by atoms with Crippen molar-refractivity contribution in [2.75, 3.05) is 43.9 Å². The molecule has 3 heterocycles. The molecule has 9 nitrogen and oxygen atoms in total. The number of nitrogens with one attached hydrogen (secondary N) is 3. The number of nitrogens with zero attached hydrogens (tertiary/aromatic N) is 5. The highest BCUT2D eigenvalue weighted by Gasteiger charge is 2.21. The van der Waals surface area contributed by atoms with Gasteiger partial charge in [-0.2, -0.15) is 5.10 Å². The Hall–Kier alpha value is -3.30. The second-order valence-electron chi connectivity index (χ2n) is 8.91. The van der Waals surface area contributed by atoms with Crippen molar-refractivity contribution in [1.82, 2.24) is 30.0 Å². The number of H-pyrrole nitrogens is 1. The third-order valence-electron chi connectivity index (χ3n) is 6.38. The van der Waals surface area contributed by atoms with Crippen LogP contribution in [0.5, 0.6) is 0 Å². The predicted molar refractivity (Wildman–Crippen MR) is 128 cm³/mol. The number of aromatic nitrogens is 4. The molecule has 1 aliphatic carbocycles. The summed E-state index contributed by atoms with van der Waals surface area (Å²) in [5.41, 5.74) is 5.20. The molecule has 0 unspecified atom stereocenters. The molecule has 0 atom stereocenters. The van der Waals surface area contributed by atoms with Crippen molar-refractivity contribution in [2.45, 2.75) is 32.7 Å². The molecule has 0 radical (unpaired) electrons. The number of hydrogen-bond donors (Lipinski definition) is 3. The number of hydrogen-bond acceptors (Lipinski definition) is 7. The van der Waals surface area contributed by atoms with E-state index >= 15 is 0 Å². The van der Waals surface area contributed by atoms with E-state index in [-0.39, 0.29) is 5.91 Å². The van der Waals surface area contributed by atoms with Gasteiger partial charge in [0.1, 0.15) is 17.3 Å². The topological polar surface area (TPSA) is 102 Å². The van der Waals surface area contributed by atoms with Crippen molar-refractivity contribution in [1.29, 1.82) is 0 Å². The lowest BCUT2D eigenvalue weighted by Crippen LogP contribution is -2.43. The van der Waals surface area contributed by atoms with Crippen molar-refractivity contribution in [2.24, 2.45) is 0 Å². The Morgan fingerprint density at radius 1 is 1.09 bits per heavy atom. The molecule has 33 heavy (non-hydrogen) atoms. The maximum absolute atomic E-state index is 13.0. The minimum Gasteiger partial charge on any atom is -0.337 e. The standard InChI is InChI=1S/C24H30N8O/c1-16-26-20-5-3-4-19(20)23(27-16)29-21-14-25-30-22(21)24(33)28-18-8-6-17(7-9-18)15-32-12-10-31(2)11-13-32/h6-9,14H,3-5,10-13,15H2,1-2H3,(H,25,30)(H,28,33)(H,26,27,29). The molecule has 0 spiro atoms. The zero-order valence-electron chi connectivity index (χ0n) is 19.2. The number of rotatable bonds is 6. The van der Waals surface area contributed by atoms with Gasteiger partial charge in [-0.15, -0.1) is 0 Å². The Kier molecular flexibility index (Phi) is 6.06. The Labute approximate surface area is 193 Å². The van der Waals surface area contributed by atoms with Crippen LogP contribution in [-0.4, -0.2) is 69.1 Å². The lowest BCUT2D eigenvalue weighted by atomic mass is 10.1. The average Bonchev–Trinajstić information content (AvgIpc) is 3.46. The number of anilines is 3. The van der Waals surface area contributed by atoms with E-state index in [1.165, 1.54) is 5.56 Å². The van der Waals surface area contributed by atoms with Crippen LogP contribution in [0.3, 0.4) is 0 Å². The van der Waals surface area contributed by atoms with Crippen LogP contribution in [0.25, 0.3) is 0 Å². The number of piperazine rings is 1. The zero-order valence-corrected chi connectivity index (χ0v) is 19.2. The van der Waals surface area contributed by atoms with E-state index in [0.29, 0.717) is 11.4 Å². The van der Waals surface area contributed by atoms with Gasteiger partial charge in [0.15, 0.2) is 0 Å². The molecule has 0 saturated carbocycles. The van der Waals surface area contributed by atoms with Crippen LogP contribution in [0.15, 0.2) is 30.5 Å². The number of likely N-dealkylation sites (N-methyl/N-ethyl adjacent to an activating group) is 1. The van der Waals surface area contributed by atoms with Gasteiger partial charge in [0.05, 0.1) is 11.9 Å². The number of carbonyl (C=O) groups is 1. The van der Waals surface area contributed by atoms with Gasteiger partial charge < -0.3 is 15.5 Å². The van der Waals surface area contributed by atoms with Gasteiger partial charge >= 0.3 is 0 Å². The first-order chi connectivity index (χ1) is 16.0. The fourth-order valence-corrected chi connectivity index (χ4v) is 4.49. The first kappa shape index (κ1) is 21.5. The molecule has 9 heteroatoms. The monoisotopic (exact) mass is 446 g/mol. The summed E-state index contributed by atoms with van der Waals surface area (Å²) in [5, 5.41) is 13.2. The lowest BCUT2D eigenvalue weighted by molar-refractivity contribution is 0.102. The largest absolute Gasteiger partial charge is 0.337 e. The normalized spacial score (nSPS) is 16.5. The highest BCUT2D eigenvalue weighted by Crippen LogP contribution is 2.29. The van der Waals surface area contributed by atoms with Crippen LogP contribution in [0, 0.1) is 6.92 Å². The second-order valence-corrected chi connectivity index (χ2v) is 8.91. The molecule has 3 aromatic rings. The molecule has 1 aliphatic heterocycles. The van der Waals surface area contributed by atoms with Crippen LogP contribution in [0.2, 0.25) is 0 Å². The van der Waals surface area contributed by atoms with Crippen LogP contribution >= 0.6 is 0 Å². The van der Waals surface area contributed by atoms with E-state index in [9.17, 15) is 4.79 Å². The molecule has 2 aromatic heterocycles. The first-order valence-corrected chi connectivity index (χ1v) is 11.5. The third-order valence-corrected chi connectivity index (χ3v) is 6.38. The molecule has 1 aromatic carbocycles. The van der Waals surface area contributed by atoms with Crippen LogP contribution in [-0.2, 0) is 19.4 Å². The summed E-state index contributed by atoms with van der Waals surface area (Å²) in [6.45, 7) is 7.19. The number of carbonyl (C=O) groups excluding carboxylic acids is 1. The van der Waals surface area contributed by atoms with Crippen molar-refractivity contribution >= 4 is 23.1 Å². The Balaban J connectivity index is 1.24. The van der Waals surface area contributed by atoms with Gasteiger partial charge in [0, 0.05) is 49.7 Å². The summed E-state index contributed by atoms with van der Waals surface area (Å²) in [6.07, 6.45) is 4.60. The van der Waals surface area contributed by atoms with Crippen LogP contribution in [0.4, 0.5) is 17.2 Å². The fraction of sp³-hybridized carbons (Fsp3) is 0.417. The number of aromatic amines is 1. The highest BCUT2D eigenvalue weighted by atomic mass is 16.2. The van der Waals surface area contributed by atoms with Crippen LogP contribution < -0.4 is 10.6 Å². The molecular formula is C24H30N8O. The molecule has 0 bridgehead atoms. The number of benzene rings is 1. The molecule has 5 rings (SSSR count). The summed E-state index contributed by atoms with van der Waals surface area (Å²) in [4.78, 5) is 26.9. The van der Waals surface area contributed by atoms with E-state index in [0.717, 1.165) is 80.6 Å². The number of aryl methyl sites for hydroxylation is 2. The summed E-state index contributed by atoms with van der Waals surface area (Å²) < 4.78 is 0. The molecule has 1 amide bonds. The summed E-state index contributed by atoms with van der Waals surface area (Å²) in [6, 6.07) is 8.06. The number of fused-ring (bicyclic) bond motifs is 1. The van der Waals surface area contributed by atoms with E-state index in [2.05, 4.69) is 59.8 Å². The van der Waals surface area contributed by atoms with Gasteiger partial charge in [-0.3, -0.25) is 14.8 Å². The van der Waals surface area contributed by atoms with Gasteiger partial charge in [-0.25, -0.2) is 9.97 Å². The van der Waals surface area contributed by atoms with E-state index in [1.807, 2.05) is 19.1 Å². The van der Waals surface area contributed by atoms with Crippen molar-refractivity contribution < 1.29 is 4.79 Å². The summed E-state index contributed by atoms with van der Waals surface area (Å²) in [7, 11) is 2.16. The lowest BCUT2D eigenvalue weighted by Gasteiger charge is -2.32. The molecular weight excluding hydrogens is 416 g/mol. The van der Waals surface area contributed by atoms with Gasteiger partial charge in [0.25, 0.3) is 5.91 Å². The Bertz CT molecular complexity index is 1130.